The molecule has 0 saturated heterocycles. The summed E-state index contributed by atoms with van der Waals surface area (Å²) >= 11 is 0. The van der Waals surface area contributed by atoms with Gasteiger partial charge in [0, 0.05) is 13.2 Å². The molecule has 0 spiro atoms. The van der Waals surface area contributed by atoms with Crippen molar-refractivity contribution in [2.75, 3.05) is 19.8 Å². The van der Waals surface area contributed by atoms with E-state index in [-0.39, 0.29) is 0 Å². The number of benzene rings is 1. The highest BCUT2D eigenvalue weighted by atomic mass is 16.5. The highest BCUT2D eigenvalue weighted by Gasteiger charge is 1.96. The van der Waals surface area contributed by atoms with Crippen LogP contribution in [0.25, 0.3) is 0 Å². The summed E-state index contributed by atoms with van der Waals surface area (Å²) in [5.74, 6) is 0.580. The van der Waals surface area contributed by atoms with Gasteiger partial charge in [0.1, 0.15) is 0 Å². The van der Waals surface area contributed by atoms with Crippen LogP contribution in [0.3, 0.4) is 0 Å². The monoisotopic (exact) mass is 237 g/mol. The fourth-order valence-electron chi connectivity index (χ4n) is 1.47. The molecular weight excluding hydrogens is 214 g/mol. The van der Waals surface area contributed by atoms with Gasteiger partial charge in [-0.1, -0.05) is 38.1 Å². The summed E-state index contributed by atoms with van der Waals surface area (Å²) in [4.78, 5) is 0. The Morgan fingerprint density at radius 2 is 1.82 bits per heavy atom. The van der Waals surface area contributed by atoms with Crippen LogP contribution in [0.4, 0.5) is 0 Å². The largest absolute Gasteiger partial charge is 0.379 e. The second kappa shape index (κ2) is 8.23. The van der Waals surface area contributed by atoms with Crippen molar-refractivity contribution in [2.45, 2.75) is 27.0 Å². The average molecular weight is 237 g/mol. The molecule has 1 aromatic rings. The molecule has 2 N–H and O–H groups in total. The van der Waals surface area contributed by atoms with Crippen molar-refractivity contribution in [3.8, 4) is 0 Å². The minimum Gasteiger partial charge on any atom is -0.379 e. The molecule has 0 fully saturated rings. The Bertz CT molecular complexity index is 313. The maximum atomic E-state index is 5.58. The highest BCUT2D eigenvalue weighted by molar-refractivity contribution is 5.22. The first-order valence-corrected chi connectivity index (χ1v) is 6.15. The third-order valence-corrected chi connectivity index (χ3v) is 2.32. The van der Waals surface area contributed by atoms with Crippen LogP contribution in [0.2, 0.25) is 0 Å². The predicted octanol–water partition coefficient (Wildman–Crippen LogP) is 2.33. The number of hydrogen-bond donors (Lipinski definition) is 1. The lowest BCUT2D eigenvalue weighted by atomic mass is 10.1. The Labute approximate surface area is 104 Å². The number of rotatable bonds is 8. The molecule has 17 heavy (non-hydrogen) atoms. The lowest BCUT2D eigenvalue weighted by Crippen LogP contribution is -2.08. The smallest absolute Gasteiger partial charge is 0.0718 e. The molecule has 0 radical (unpaired) electrons. The summed E-state index contributed by atoms with van der Waals surface area (Å²) in [6.07, 6.45) is 0. The van der Waals surface area contributed by atoms with Crippen molar-refractivity contribution in [3.63, 3.8) is 0 Å². The first-order valence-electron chi connectivity index (χ1n) is 6.15. The van der Waals surface area contributed by atoms with Crippen molar-refractivity contribution in [1.82, 2.24) is 0 Å². The van der Waals surface area contributed by atoms with Gasteiger partial charge in [-0.2, -0.15) is 0 Å². The minimum absolute atomic E-state index is 0.575. The molecule has 0 unspecified atom stereocenters. The molecule has 0 aliphatic heterocycles. The molecule has 96 valence electrons. The third kappa shape index (κ3) is 6.41. The summed E-state index contributed by atoms with van der Waals surface area (Å²) in [7, 11) is 0. The predicted molar refractivity (Wildman–Crippen MR) is 69.6 cm³/mol. The molecule has 0 aromatic heterocycles. The van der Waals surface area contributed by atoms with Gasteiger partial charge in [-0.25, -0.2) is 0 Å². The maximum absolute atomic E-state index is 5.58. The quantitative estimate of drug-likeness (QED) is 0.706. The number of ether oxygens (including phenoxy) is 2. The van der Waals surface area contributed by atoms with Crippen LogP contribution in [0.1, 0.15) is 25.0 Å². The zero-order valence-corrected chi connectivity index (χ0v) is 10.8. The van der Waals surface area contributed by atoms with Crippen LogP contribution in [0.15, 0.2) is 24.3 Å². The molecule has 0 amide bonds. The SMILES string of the molecule is CC(C)COCCOCc1cccc(CN)c1. The van der Waals surface area contributed by atoms with Gasteiger partial charge >= 0.3 is 0 Å². The fraction of sp³-hybridized carbons (Fsp3) is 0.571. The van der Waals surface area contributed by atoms with Crippen LogP contribution in [-0.4, -0.2) is 19.8 Å². The Hall–Kier alpha value is -0.900. The standard InChI is InChI=1S/C14H23NO2/c1-12(2)10-16-6-7-17-11-14-5-3-4-13(8-14)9-15/h3-5,8,12H,6-7,9-11,15H2,1-2H3. The molecule has 1 rings (SSSR count). The minimum atomic E-state index is 0.575. The topological polar surface area (TPSA) is 44.5 Å². The molecule has 0 atom stereocenters. The van der Waals surface area contributed by atoms with Gasteiger partial charge in [-0.3, -0.25) is 0 Å². The first kappa shape index (κ1) is 14.2. The van der Waals surface area contributed by atoms with Crippen molar-refractivity contribution in [2.24, 2.45) is 11.7 Å². The van der Waals surface area contributed by atoms with Gasteiger partial charge in [0.05, 0.1) is 19.8 Å². The van der Waals surface area contributed by atoms with Gasteiger partial charge in [0.25, 0.3) is 0 Å². The Morgan fingerprint density at radius 1 is 1.12 bits per heavy atom. The molecule has 0 bridgehead atoms. The summed E-state index contributed by atoms with van der Waals surface area (Å²) in [5.41, 5.74) is 7.89. The Balaban J connectivity index is 2.13. The number of hydrogen-bond acceptors (Lipinski definition) is 3. The molecule has 1 aromatic carbocycles. The lowest BCUT2D eigenvalue weighted by Gasteiger charge is -2.08. The van der Waals surface area contributed by atoms with Gasteiger partial charge in [0.2, 0.25) is 0 Å². The van der Waals surface area contributed by atoms with E-state index in [1.807, 2.05) is 18.2 Å². The summed E-state index contributed by atoms with van der Waals surface area (Å²) < 4.78 is 11.0. The van der Waals surface area contributed by atoms with Gasteiger partial charge < -0.3 is 15.2 Å². The van der Waals surface area contributed by atoms with E-state index >= 15 is 0 Å². The van der Waals surface area contributed by atoms with E-state index in [1.54, 1.807) is 0 Å². The average Bonchev–Trinajstić information content (AvgIpc) is 2.33. The van der Waals surface area contributed by atoms with Gasteiger partial charge in [-0.05, 0) is 17.0 Å². The molecule has 0 saturated carbocycles. The van der Waals surface area contributed by atoms with Crippen molar-refractivity contribution >= 4 is 0 Å². The fourth-order valence-corrected chi connectivity index (χ4v) is 1.47. The van der Waals surface area contributed by atoms with Crippen molar-refractivity contribution in [3.05, 3.63) is 35.4 Å². The van der Waals surface area contributed by atoms with Gasteiger partial charge in [0.15, 0.2) is 0 Å². The van der Waals surface area contributed by atoms with E-state index < -0.39 is 0 Å². The number of nitrogens with two attached hydrogens (primary N) is 1. The van der Waals surface area contributed by atoms with Crippen LogP contribution in [0.5, 0.6) is 0 Å². The van der Waals surface area contributed by atoms with E-state index in [2.05, 4.69) is 19.9 Å². The summed E-state index contributed by atoms with van der Waals surface area (Å²) in [6.45, 7) is 7.57. The van der Waals surface area contributed by atoms with Crippen LogP contribution < -0.4 is 5.73 Å². The van der Waals surface area contributed by atoms with Crippen LogP contribution in [0, 0.1) is 5.92 Å². The van der Waals surface area contributed by atoms with Crippen molar-refractivity contribution in [1.29, 1.82) is 0 Å². The highest BCUT2D eigenvalue weighted by Crippen LogP contribution is 2.05. The van der Waals surface area contributed by atoms with E-state index in [1.165, 1.54) is 0 Å². The van der Waals surface area contributed by atoms with E-state index in [0.717, 1.165) is 17.7 Å². The zero-order valence-electron chi connectivity index (χ0n) is 10.8. The lowest BCUT2D eigenvalue weighted by molar-refractivity contribution is 0.0314. The molecule has 0 heterocycles. The van der Waals surface area contributed by atoms with Crippen molar-refractivity contribution < 1.29 is 9.47 Å². The van der Waals surface area contributed by atoms with Gasteiger partial charge in [-0.15, -0.1) is 0 Å². The molecular formula is C14H23NO2. The van der Waals surface area contributed by atoms with E-state index in [0.29, 0.717) is 32.3 Å². The molecule has 3 nitrogen and oxygen atoms in total. The normalized spacial score (nSPS) is 11.1. The van der Waals surface area contributed by atoms with E-state index in [4.69, 9.17) is 15.2 Å². The van der Waals surface area contributed by atoms with E-state index in [9.17, 15) is 0 Å². The maximum Gasteiger partial charge on any atom is 0.0718 e. The summed E-state index contributed by atoms with van der Waals surface area (Å²) in [6, 6.07) is 8.16. The Kier molecular flexibility index (Phi) is 6.86. The molecule has 3 heteroatoms. The second-order valence-corrected chi connectivity index (χ2v) is 4.55. The molecule has 0 aliphatic carbocycles. The van der Waals surface area contributed by atoms with Crippen LogP contribution >= 0.6 is 0 Å². The Morgan fingerprint density at radius 3 is 2.53 bits per heavy atom. The first-order chi connectivity index (χ1) is 8.22. The van der Waals surface area contributed by atoms with Crippen LogP contribution in [-0.2, 0) is 22.6 Å². The second-order valence-electron chi connectivity index (χ2n) is 4.55. The molecule has 0 aliphatic rings. The third-order valence-electron chi connectivity index (χ3n) is 2.32. The summed E-state index contributed by atoms with van der Waals surface area (Å²) in [5, 5.41) is 0. The zero-order chi connectivity index (χ0) is 12.5.